The Morgan fingerprint density at radius 3 is 2.80 bits per heavy atom. The lowest BCUT2D eigenvalue weighted by Crippen LogP contribution is -2.56. The Bertz CT molecular complexity index is 1110. The monoisotopic (exact) mass is 476 g/mol. The van der Waals surface area contributed by atoms with Crippen molar-refractivity contribution in [3.8, 4) is 0 Å². The van der Waals surface area contributed by atoms with Crippen LogP contribution in [0.5, 0.6) is 0 Å². The molecule has 4 aliphatic heterocycles. The van der Waals surface area contributed by atoms with Crippen molar-refractivity contribution >= 4 is 17.5 Å². The number of anilines is 1. The van der Waals surface area contributed by atoms with E-state index in [-0.39, 0.29) is 17.7 Å². The molecule has 1 aromatic carbocycles. The first-order chi connectivity index (χ1) is 17.1. The summed E-state index contributed by atoms with van der Waals surface area (Å²) in [7, 11) is 0. The van der Waals surface area contributed by atoms with Crippen molar-refractivity contribution < 1.29 is 9.59 Å². The van der Waals surface area contributed by atoms with Gasteiger partial charge in [-0.2, -0.15) is 5.10 Å². The summed E-state index contributed by atoms with van der Waals surface area (Å²) >= 11 is 0. The second-order valence-electron chi connectivity index (χ2n) is 10.5. The summed E-state index contributed by atoms with van der Waals surface area (Å²) in [5, 5.41) is 7.65. The van der Waals surface area contributed by atoms with E-state index >= 15 is 0 Å². The molecule has 2 aromatic rings. The third kappa shape index (κ3) is 3.61. The van der Waals surface area contributed by atoms with Crippen LogP contribution < -0.4 is 10.2 Å². The predicted molar refractivity (Wildman–Crippen MR) is 134 cm³/mol. The highest BCUT2D eigenvalue weighted by Crippen LogP contribution is 2.57. The summed E-state index contributed by atoms with van der Waals surface area (Å²) in [5.74, 6) is -0.180. The number of nitrogens with zero attached hydrogens (tertiary/aromatic N) is 5. The van der Waals surface area contributed by atoms with E-state index in [9.17, 15) is 9.59 Å². The standard InChI is InChI=1S/C27H36N6O2/c1-2-31-19-20(17-29-31)18-30-12-6-11-28-25(34)23-16-21-8-5-15-33(21)27(23)22-9-3-4-10-24(22)32(26(27)35)14-7-13-30/h3-4,9-10,17,19,21,23H,2,5-8,11-16,18H2,1H3,(H,28,34)/t21-,23+,27+/m0/s1. The van der Waals surface area contributed by atoms with Gasteiger partial charge in [-0.25, -0.2) is 0 Å². The molecule has 2 bridgehead atoms. The van der Waals surface area contributed by atoms with E-state index in [1.54, 1.807) is 0 Å². The van der Waals surface area contributed by atoms with Crippen molar-refractivity contribution in [2.75, 3.05) is 37.6 Å². The summed E-state index contributed by atoms with van der Waals surface area (Å²) in [5.41, 5.74) is 2.40. The molecule has 1 N–H and O–H groups in total. The summed E-state index contributed by atoms with van der Waals surface area (Å²) < 4.78 is 1.96. The third-order valence-corrected chi connectivity index (χ3v) is 8.56. The van der Waals surface area contributed by atoms with Gasteiger partial charge in [0.2, 0.25) is 5.91 Å². The Kier molecular flexibility index (Phi) is 5.89. The maximum Gasteiger partial charge on any atom is 0.253 e. The minimum absolute atomic E-state index is 0.0411. The molecule has 2 amide bonds. The molecule has 35 heavy (non-hydrogen) atoms. The maximum atomic E-state index is 14.3. The van der Waals surface area contributed by atoms with Crippen LogP contribution in [-0.4, -0.2) is 70.2 Å². The first-order valence-electron chi connectivity index (χ1n) is 13.3. The Labute approximate surface area is 207 Å². The molecule has 1 spiro atoms. The smallest absolute Gasteiger partial charge is 0.253 e. The van der Waals surface area contributed by atoms with Gasteiger partial charge in [-0.15, -0.1) is 0 Å². The zero-order valence-corrected chi connectivity index (χ0v) is 20.7. The Morgan fingerprint density at radius 2 is 1.94 bits per heavy atom. The number of carbonyl (C=O) groups excluding carboxylic acids is 2. The van der Waals surface area contributed by atoms with Crippen LogP contribution in [0.25, 0.3) is 0 Å². The van der Waals surface area contributed by atoms with Gasteiger partial charge in [0.25, 0.3) is 5.91 Å². The van der Waals surface area contributed by atoms with E-state index in [1.165, 1.54) is 5.56 Å². The topological polar surface area (TPSA) is 73.7 Å². The van der Waals surface area contributed by atoms with Crippen LogP contribution >= 0.6 is 0 Å². The van der Waals surface area contributed by atoms with Gasteiger partial charge in [0.1, 0.15) is 5.54 Å². The first-order valence-corrected chi connectivity index (χ1v) is 13.3. The third-order valence-electron chi connectivity index (χ3n) is 8.56. The van der Waals surface area contributed by atoms with Gasteiger partial charge in [-0.3, -0.25) is 24.1 Å². The molecule has 0 saturated carbocycles. The van der Waals surface area contributed by atoms with Gasteiger partial charge in [-0.1, -0.05) is 18.2 Å². The number of rotatable bonds is 3. The fourth-order valence-corrected chi connectivity index (χ4v) is 7.06. The second-order valence-corrected chi connectivity index (χ2v) is 10.5. The number of carbonyl (C=O) groups is 2. The molecule has 8 nitrogen and oxygen atoms in total. The average Bonchev–Trinajstić information content (AvgIpc) is 3.62. The molecule has 4 aliphatic rings. The lowest BCUT2D eigenvalue weighted by Gasteiger charge is -2.37. The molecule has 3 saturated heterocycles. The number of para-hydroxylation sites is 1. The Balaban J connectivity index is 1.31. The molecule has 186 valence electrons. The molecule has 0 aliphatic carbocycles. The lowest BCUT2D eigenvalue weighted by molar-refractivity contribution is -0.138. The lowest BCUT2D eigenvalue weighted by atomic mass is 9.78. The van der Waals surface area contributed by atoms with E-state index in [1.807, 2.05) is 27.9 Å². The van der Waals surface area contributed by atoms with Crippen LogP contribution in [0.1, 0.15) is 50.2 Å². The molecular formula is C27H36N6O2. The quantitative estimate of drug-likeness (QED) is 0.736. The van der Waals surface area contributed by atoms with E-state index < -0.39 is 5.54 Å². The SMILES string of the molecule is CCn1cc(CN2CCCNC(=O)[C@H]3C[C@@H]4CCCN4[C@@]34C(=O)N(CCC2)c2ccccc24)cn1. The Hall–Kier alpha value is -2.71. The van der Waals surface area contributed by atoms with E-state index in [2.05, 4.69) is 45.5 Å². The molecular weight excluding hydrogens is 440 g/mol. The normalized spacial score (nSPS) is 29.7. The summed E-state index contributed by atoms with van der Waals surface area (Å²) in [4.78, 5) is 34.8. The maximum absolute atomic E-state index is 14.3. The van der Waals surface area contributed by atoms with Crippen LogP contribution in [0, 0.1) is 5.92 Å². The minimum Gasteiger partial charge on any atom is -0.356 e. The summed E-state index contributed by atoms with van der Waals surface area (Å²) in [6.07, 6.45) is 8.80. The molecule has 5 heterocycles. The van der Waals surface area contributed by atoms with Crippen LogP contribution in [0.2, 0.25) is 0 Å². The zero-order chi connectivity index (χ0) is 24.0. The zero-order valence-electron chi connectivity index (χ0n) is 20.7. The molecule has 0 radical (unpaired) electrons. The highest BCUT2D eigenvalue weighted by atomic mass is 16.2. The molecule has 3 atom stereocenters. The van der Waals surface area contributed by atoms with Crippen LogP contribution in [0.4, 0.5) is 5.69 Å². The van der Waals surface area contributed by atoms with Crippen LogP contribution in [-0.2, 0) is 28.2 Å². The Morgan fingerprint density at radius 1 is 1.09 bits per heavy atom. The largest absolute Gasteiger partial charge is 0.356 e. The van der Waals surface area contributed by atoms with Gasteiger partial charge in [-0.05, 0) is 51.6 Å². The van der Waals surface area contributed by atoms with Crippen molar-refractivity contribution in [2.24, 2.45) is 5.92 Å². The van der Waals surface area contributed by atoms with Crippen LogP contribution in [0.15, 0.2) is 36.7 Å². The van der Waals surface area contributed by atoms with Gasteiger partial charge in [0, 0.05) is 68.3 Å². The molecule has 8 heteroatoms. The van der Waals surface area contributed by atoms with Gasteiger partial charge in [0.05, 0.1) is 12.1 Å². The fourth-order valence-electron chi connectivity index (χ4n) is 7.06. The molecule has 0 unspecified atom stereocenters. The van der Waals surface area contributed by atoms with Crippen molar-refractivity contribution in [1.29, 1.82) is 0 Å². The fraction of sp³-hybridized carbons (Fsp3) is 0.593. The van der Waals surface area contributed by atoms with Gasteiger partial charge >= 0.3 is 0 Å². The van der Waals surface area contributed by atoms with Crippen molar-refractivity contribution in [2.45, 2.75) is 63.7 Å². The minimum atomic E-state index is -0.843. The van der Waals surface area contributed by atoms with E-state index in [0.29, 0.717) is 19.1 Å². The molecule has 3 fully saturated rings. The van der Waals surface area contributed by atoms with Crippen molar-refractivity contribution in [1.82, 2.24) is 24.9 Å². The number of aryl methyl sites for hydroxylation is 1. The highest BCUT2D eigenvalue weighted by Gasteiger charge is 2.66. The number of aromatic nitrogens is 2. The summed E-state index contributed by atoms with van der Waals surface area (Å²) in [6, 6.07) is 8.53. The van der Waals surface area contributed by atoms with Crippen molar-refractivity contribution in [3.63, 3.8) is 0 Å². The molecule has 6 rings (SSSR count). The van der Waals surface area contributed by atoms with E-state index in [4.69, 9.17) is 0 Å². The average molecular weight is 477 g/mol. The van der Waals surface area contributed by atoms with Gasteiger partial charge < -0.3 is 10.2 Å². The number of hydrogen-bond acceptors (Lipinski definition) is 5. The number of benzene rings is 1. The summed E-state index contributed by atoms with van der Waals surface area (Å²) in [6.45, 7) is 7.81. The van der Waals surface area contributed by atoms with Crippen molar-refractivity contribution in [3.05, 3.63) is 47.8 Å². The van der Waals surface area contributed by atoms with Crippen LogP contribution in [0.3, 0.4) is 0 Å². The van der Waals surface area contributed by atoms with Gasteiger partial charge in [0.15, 0.2) is 0 Å². The predicted octanol–water partition coefficient (Wildman–Crippen LogP) is 2.34. The molecule has 1 aromatic heterocycles. The van der Waals surface area contributed by atoms with E-state index in [0.717, 1.165) is 76.1 Å². The number of nitrogens with one attached hydrogen (secondary N) is 1. The highest BCUT2D eigenvalue weighted by molar-refractivity contribution is 6.10. The number of amides is 2. The number of fused-ring (bicyclic) bond motifs is 4. The second kappa shape index (κ2) is 9.06. The number of hydrogen-bond donors (Lipinski definition) is 1. The first kappa shape index (κ1) is 22.7.